The molecule has 0 aromatic rings. The van der Waals surface area contributed by atoms with E-state index in [0.717, 1.165) is 0 Å². The largest absolute Gasteiger partial charge is 0.639 e. The highest BCUT2D eigenvalue weighted by atomic mass is 16.7. The Morgan fingerprint density at radius 3 is 1.06 bits per heavy atom. The summed E-state index contributed by atoms with van der Waals surface area (Å²) in [6.45, 7) is 14.7. The first-order valence-electron chi connectivity index (χ1n) is 6.26. The normalized spacial score (nSPS) is 11.8. The summed E-state index contributed by atoms with van der Waals surface area (Å²) in [5.74, 6) is 1.48. The summed E-state index contributed by atoms with van der Waals surface area (Å²) in [4.78, 5) is 0. The van der Waals surface area contributed by atoms with Crippen LogP contribution in [0.3, 0.4) is 0 Å². The van der Waals surface area contributed by atoms with E-state index in [2.05, 4.69) is 41.5 Å². The lowest BCUT2D eigenvalue weighted by molar-refractivity contribution is 0.0680. The summed E-state index contributed by atoms with van der Waals surface area (Å²) in [6, 6.07) is 0. The maximum atomic E-state index is 5.56. The van der Waals surface area contributed by atoms with Gasteiger partial charge in [-0.25, -0.2) is 0 Å². The second-order valence-electron chi connectivity index (χ2n) is 5.47. The van der Waals surface area contributed by atoms with Crippen LogP contribution in [0.15, 0.2) is 0 Å². The van der Waals surface area contributed by atoms with Crippen molar-refractivity contribution in [2.75, 3.05) is 19.8 Å². The monoisotopic (exact) mass is 230 g/mol. The van der Waals surface area contributed by atoms with Crippen LogP contribution in [-0.2, 0) is 14.0 Å². The van der Waals surface area contributed by atoms with Crippen LogP contribution in [0.2, 0.25) is 0 Å². The lowest BCUT2D eigenvalue weighted by atomic mass is 10.1. The molecular formula is C12H27BO3. The summed E-state index contributed by atoms with van der Waals surface area (Å²) < 4.78 is 16.7. The Morgan fingerprint density at radius 1 is 0.625 bits per heavy atom. The molecule has 96 valence electrons. The Kier molecular flexibility index (Phi) is 8.99. The van der Waals surface area contributed by atoms with Crippen molar-refractivity contribution in [2.24, 2.45) is 17.8 Å². The van der Waals surface area contributed by atoms with Gasteiger partial charge in [-0.05, 0) is 17.8 Å². The molecule has 0 aliphatic carbocycles. The van der Waals surface area contributed by atoms with E-state index in [1.165, 1.54) is 0 Å². The molecule has 3 nitrogen and oxygen atoms in total. The molecule has 0 heterocycles. The van der Waals surface area contributed by atoms with E-state index in [9.17, 15) is 0 Å². The molecule has 0 unspecified atom stereocenters. The molecule has 0 fully saturated rings. The number of rotatable bonds is 9. The van der Waals surface area contributed by atoms with E-state index in [1.54, 1.807) is 0 Å². The Labute approximate surface area is 101 Å². The molecule has 0 aromatic heterocycles. The molecule has 0 bridgehead atoms. The Hall–Kier alpha value is -0.0551. The second-order valence-corrected chi connectivity index (χ2v) is 5.47. The Morgan fingerprint density at radius 2 is 0.875 bits per heavy atom. The van der Waals surface area contributed by atoms with Crippen LogP contribution in [0.25, 0.3) is 0 Å². The van der Waals surface area contributed by atoms with Gasteiger partial charge in [-0.15, -0.1) is 0 Å². The van der Waals surface area contributed by atoms with Crippen molar-refractivity contribution in [1.82, 2.24) is 0 Å². The molecule has 0 amide bonds. The number of hydrogen-bond donors (Lipinski definition) is 0. The van der Waals surface area contributed by atoms with Crippen molar-refractivity contribution in [3.8, 4) is 0 Å². The first-order valence-corrected chi connectivity index (χ1v) is 6.26. The molecule has 0 radical (unpaired) electrons. The summed E-state index contributed by atoms with van der Waals surface area (Å²) >= 11 is 0. The third kappa shape index (κ3) is 10.5. The van der Waals surface area contributed by atoms with Gasteiger partial charge < -0.3 is 14.0 Å². The first kappa shape index (κ1) is 15.9. The van der Waals surface area contributed by atoms with Crippen molar-refractivity contribution in [3.63, 3.8) is 0 Å². The van der Waals surface area contributed by atoms with Crippen molar-refractivity contribution >= 4 is 7.32 Å². The molecular weight excluding hydrogens is 203 g/mol. The van der Waals surface area contributed by atoms with Crippen LogP contribution in [0, 0.1) is 17.8 Å². The summed E-state index contributed by atoms with van der Waals surface area (Å²) in [6.07, 6.45) is 0. The first-order chi connectivity index (χ1) is 7.41. The Balaban J connectivity index is 3.85. The van der Waals surface area contributed by atoms with Crippen molar-refractivity contribution in [2.45, 2.75) is 41.5 Å². The van der Waals surface area contributed by atoms with Crippen LogP contribution in [0.1, 0.15) is 41.5 Å². The SMILES string of the molecule is CC(C)COB(OCC(C)C)OCC(C)C. The third-order valence-electron chi connectivity index (χ3n) is 1.70. The van der Waals surface area contributed by atoms with Gasteiger partial charge in [0.1, 0.15) is 0 Å². The van der Waals surface area contributed by atoms with E-state index in [-0.39, 0.29) is 0 Å². The zero-order chi connectivity index (χ0) is 12.6. The minimum atomic E-state index is -0.507. The smallest absolute Gasteiger partial charge is 0.386 e. The fourth-order valence-electron chi connectivity index (χ4n) is 0.957. The molecule has 16 heavy (non-hydrogen) atoms. The molecule has 4 heteroatoms. The predicted molar refractivity (Wildman–Crippen MR) is 68.1 cm³/mol. The van der Waals surface area contributed by atoms with Gasteiger partial charge in [0.15, 0.2) is 0 Å². The van der Waals surface area contributed by atoms with E-state index >= 15 is 0 Å². The van der Waals surface area contributed by atoms with E-state index in [4.69, 9.17) is 14.0 Å². The van der Waals surface area contributed by atoms with Crippen LogP contribution < -0.4 is 0 Å². The van der Waals surface area contributed by atoms with Crippen molar-refractivity contribution in [1.29, 1.82) is 0 Å². The van der Waals surface area contributed by atoms with Crippen molar-refractivity contribution < 1.29 is 14.0 Å². The van der Waals surface area contributed by atoms with Gasteiger partial charge in [0.25, 0.3) is 0 Å². The molecule has 0 rings (SSSR count). The molecule has 0 saturated heterocycles. The topological polar surface area (TPSA) is 27.7 Å². The van der Waals surface area contributed by atoms with Crippen LogP contribution in [0.4, 0.5) is 0 Å². The van der Waals surface area contributed by atoms with E-state index < -0.39 is 7.32 Å². The zero-order valence-electron chi connectivity index (χ0n) is 11.7. The standard InChI is InChI=1S/C12H27BO3/c1-10(2)7-14-13(15-8-11(3)4)16-9-12(5)6/h10-12H,7-9H2,1-6H3. The summed E-state index contributed by atoms with van der Waals surface area (Å²) in [5.41, 5.74) is 0. The van der Waals surface area contributed by atoms with Gasteiger partial charge in [0, 0.05) is 19.8 Å². The molecule has 0 spiro atoms. The van der Waals surface area contributed by atoms with Crippen LogP contribution in [-0.4, -0.2) is 27.1 Å². The Bertz CT molecular complexity index is 132. The highest BCUT2D eigenvalue weighted by Crippen LogP contribution is 2.03. The minimum absolute atomic E-state index is 0.493. The van der Waals surface area contributed by atoms with Gasteiger partial charge in [-0.2, -0.15) is 0 Å². The van der Waals surface area contributed by atoms with Gasteiger partial charge in [0.05, 0.1) is 0 Å². The molecule has 0 saturated carbocycles. The number of hydrogen-bond acceptors (Lipinski definition) is 3. The summed E-state index contributed by atoms with van der Waals surface area (Å²) in [5, 5.41) is 0. The van der Waals surface area contributed by atoms with Gasteiger partial charge in [-0.1, -0.05) is 41.5 Å². The lowest BCUT2D eigenvalue weighted by Crippen LogP contribution is -2.31. The maximum absolute atomic E-state index is 5.56. The lowest BCUT2D eigenvalue weighted by Gasteiger charge is -2.17. The molecule has 0 atom stereocenters. The highest BCUT2D eigenvalue weighted by Gasteiger charge is 2.22. The molecule has 0 aliphatic heterocycles. The predicted octanol–water partition coefficient (Wildman–Crippen LogP) is 2.99. The molecule has 0 N–H and O–H groups in total. The van der Waals surface area contributed by atoms with E-state index in [0.29, 0.717) is 37.6 Å². The molecule has 0 aromatic carbocycles. The van der Waals surface area contributed by atoms with E-state index in [1.807, 2.05) is 0 Å². The van der Waals surface area contributed by atoms with Gasteiger partial charge >= 0.3 is 7.32 Å². The average Bonchev–Trinajstić information content (AvgIpc) is 2.15. The summed E-state index contributed by atoms with van der Waals surface area (Å²) in [7, 11) is -0.507. The van der Waals surface area contributed by atoms with Gasteiger partial charge in [0.2, 0.25) is 0 Å². The second kappa shape index (κ2) is 9.02. The maximum Gasteiger partial charge on any atom is 0.639 e. The third-order valence-corrected chi connectivity index (χ3v) is 1.70. The fraction of sp³-hybridized carbons (Fsp3) is 1.00. The van der Waals surface area contributed by atoms with Gasteiger partial charge in [-0.3, -0.25) is 0 Å². The fourth-order valence-corrected chi connectivity index (χ4v) is 0.957. The molecule has 0 aliphatic rings. The highest BCUT2D eigenvalue weighted by molar-refractivity contribution is 6.36. The average molecular weight is 230 g/mol. The minimum Gasteiger partial charge on any atom is -0.386 e. The quantitative estimate of drug-likeness (QED) is 0.570. The van der Waals surface area contributed by atoms with Crippen molar-refractivity contribution in [3.05, 3.63) is 0 Å². The van der Waals surface area contributed by atoms with Crippen LogP contribution >= 0.6 is 0 Å². The zero-order valence-corrected chi connectivity index (χ0v) is 11.7. The van der Waals surface area contributed by atoms with Crippen LogP contribution in [0.5, 0.6) is 0 Å².